The molecule has 21 heavy (non-hydrogen) atoms. The molecule has 0 aliphatic rings. The minimum atomic E-state index is 0.375. The number of hydrogen-bond donors (Lipinski definition) is 4. The fraction of sp³-hybridized carbons (Fsp3) is 0.385. The van der Waals surface area contributed by atoms with E-state index in [0.717, 1.165) is 16.8 Å². The third-order valence-corrected chi connectivity index (χ3v) is 3.30. The lowest BCUT2D eigenvalue weighted by atomic mass is 10.1. The molecule has 0 fully saturated rings. The number of methoxy groups -OCH3 is 1. The van der Waals surface area contributed by atoms with Crippen molar-refractivity contribution in [3.05, 3.63) is 28.3 Å². The minimum Gasteiger partial charge on any atom is -0.383 e. The lowest BCUT2D eigenvalue weighted by molar-refractivity contribution is 0.204. The second-order valence-electron chi connectivity index (χ2n) is 4.39. The van der Waals surface area contributed by atoms with E-state index in [4.69, 9.17) is 40.8 Å². The van der Waals surface area contributed by atoms with Crippen LogP contribution < -0.4 is 21.5 Å². The summed E-state index contributed by atoms with van der Waals surface area (Å²) in [7, 11) is 1.63. The van der Waals surface area contributed by atoms with E-state index in [1.807, 2.05) is 26.0 Å². The fourth-order valence-electron chi connectivity index (χ4n) is 1.64. The Morgan fingerprint density at radius 3 is 2.48 bits per heavy atom. The molecule has 116 valence electrons. The number of benzene rings is 1. The average molecular weight is 347 g/mol. The molecule has 0 bridgehead atoms. The molecule has 4 N–H and O–H groups in total. The van der Waals surface area contributed by atoms with E-state index in [-0.39, 0.29) is 0 Å². The van der Waals surface area contributed by atoms with Crippen molar-refractivity contribution in [2.75, 3.05) is 25.6 Å². The standard InChI is InChI=1S/C13H19ClN4OS2/c1-8-6-9(2)11(10(14)7-8)16-13(21)18-17-12(20)15-4-5-19-3/h6-7H,4-5H2,1-3H3,(H2,15,17,20)(H2,16,18,21). The Labute approximate surface area is 140 Å². The SMILES string of the molecule is COCCNC(=S)NNC(=S)Nc1c(C)cc(C)cc1Cl. The molecule has 0 saturated carbocycles. The normalized spacial score (nSPS) is 9.90. The summed E-state index contributed by atoms with van der Waals surface area (Å²) in [4.78, 5) is 0. The van der Waals surface area contributed by atoms with Crippen LogP contribution in [0.4, 0.5) is 5.69 Å². The quantitative estimate of drug-likeness (QED) is 0.379. The second kappa shape index (κ2) is 8.99. The topological polar surface area (TPSA) is 57.4 Å². The van der Waals surface area contributed by atoms with Gasteiger partial charge in [-0.15, -0.1) is 0 Å². The molecule has 0 spiro atoms. The van der Waals surface area contributed by atoms with Crippen molar-refractivity contribution in [1.82, 2.24) is 16.2 Å². The van der Waals surface area contributed by atoms with Crippen LogP contribution in [0.25, 0.3) is 0 Å². The first-order valence-corrected chi connectivity index (χ1v) is 7.50. The Morgan fingerprint density at radius 2 is 1.86 bits per heavy atom. The van der Waals surface area contributed by atoms with Gasteiger partial charge in [0.05, 0.1) is 17.3 Å². The van der Waals surface area contributed by atoms with Gasteiger partial charge in [0.15, 0.2) is 10.2 Å². The average Bonchev–Trinajstić information content (AvgIpc) is 2.41. The molecule has 0 radical (unpaired) electrons. The zero-order valence-electron chi connectivity index (χ0n) is 12.2. The smallest absolute Gasteiger partial charge is 0.189 e. The first-order valence-electron chi connectivity index (χ1n) is 6.30. The van der Waals surface area contributed by atoms with Gasteiger partial charge in [-0.25, -0.2) is 0 Å². The Morgan fingerprint density at radius 1 is 1.19 bits per heavy atom. The summed E-state index contributed by atoms with van der Waals surface area (Å²) in [5.74, 6) is 0. The maximum absolute atomic E-state index is 6.20. The molecule has 5 nitrogen and oxygen atoms in total. The van der Waals surface area contributed by atoms with Crippen molar-refractivity contribution in [2.24, 2.45) is 0 Å². The predicted molar refractivity (Wildman–Crippen MR) is 95.9 cm³/mol. The molecule has 1 rings (SSSR count). The minimum absolute atomic E-state index is 0.375. The van der Waals surface area contributed by atoms with Gasteiger partial charge in [-0.1, -0.05) is 17.7 Å². The molecule has 0 atom stereocenters. The molecule has 8 heteroatoms. The molecule has 1 aromatic rings. The van der Waals surface area contributed by atoms with Gasteiger partial charge in [-0.05, 0) is 55.5 Å². The molecule has 0 heterocycles. The number of aryl methyl sites for hydroxylation is 2. The van der Waals surface area contributed by atoms with E-state index in [1.54, 1.807) is 7.11 Å². The van der Waals surface area contributed by atoms with Gasteiger partial charge in [0.2, 0.25) is 0 Å². The van der Waals surface area contributed by atoms with Gasteiger partial charge >= 0.3 is 0 Å². The summed E-state index contributed by atoms with van der Waals surface area (Å²) in [5.41, 5.74) is 8.47. The van der Waals surface area contributed by atoms with Crippen molar-refractivity contribution in [3.63, 3.8) is 0 Å². The van der Waals surface area contributed by atoms with Crippen molar-refractivity contribution >= 4 is 51.9 Å². The molecular weight excluding hydrogens is 328 g/mol. The molecule has 0 unspecified atom stereocenters. The lowest BCUT2D eigenvalue weighted by Gasteiger charge is -2.16. The van der Waals surface area contributed by atoms with Gasteiger partial charge in [0.25, 0.3) is 0 Å². The predicted octanol–water partition coefficient (Wildman–Crippen LogP) is 2.27. The van der Waals surface area contributed by atoms with E-state index < -0.39 is 0 Å². The Hall–Kier alpha value is -1.15. The van der Waals surface area contributed by atoms with Crippen LogP contribution >= 0.6 is 36.0 Å². The van der Waals surface area contributed by atoms with Crippen LogP contribution in [0.3, 0.4) is 0 Å². The molecule has 0 aliphatic carbocycles. The fourth-order valence-corrected chi connectivity index (χ4v) is 2.32. The first-order chi connectivity index (χ1) is 9.93. The summed E-state index contributed by atoms with van der Waals surface area (Å²) in [5, 5.41) is 7.43. The van der Waals surface area contributed by atoms with Gasteiger partial charge < -0.3 is 15.4 Å². The number of ether oxygens (including phenoxy) is 1. The molecule has 0 aliphatic heterocycles. The summed E-state index contributed by atoms with van der Waals surface area (Å²) >= 11 is 16.5. The largest absolute Gasteiger partial charge is 0.383 e. The van der Waals surface area contributed by atoms with Crippen LogP contribution in [0.2, 0.25) is 5.02 Å². The maximum atomic E-state index is 6.20. The number of nitrogens with one attached hydrogen (secondary N) is 4. The molecule has 0 saturated heterocycles. The number of anilines is 1. The zero-order chi connectivity index (χ0) is 15.8. The van der Waals surface area contributed by atoms with Crippen LogP contribution in [-0.2, 0) is 4.74 Å². The van der Waals surface area contributed by atoms with Crippen molar-refractivity contribution < 1.29 is 4.74 Å². The number of hydrazine groups is 1. The zero-order valence-corrected chi connectivity index (χ0v) is 14.6. The summed E-state index contributed by atoms with van der Waals surface area (Å²) in [6.07, 6.45) is 0. The van der Waals surface area contributed by atoms with Gasteiger partial charge in [0, 0.05) is 13.7 Å². The Kier molecular flexibility index (Phi) is 7.66. The summed E-state index contributed by atoms with van der Waals surface area (Å²) in [6, 6.07) is 3.91. The summed E-state index contributed by atoms with van der Waals surface area (Å²) in [6.45, 7) is 5.15. The highest BCUT2D eigenvalue weighted by molar-refractivity contribution is 7.80. The molecule has 1 aromatic carbocycles. The Balaban J connectivity index is 2.46. The van der Waals surface area contributed by atoms with E-state index in [1.165, 1.54) is 0 Å². The van der Waals surface area contributed by atoms with Gasteiger partial charge in [-0.2, -0.15) is 0 Å². The van der Waals surface area contributed by atoms with Gasteiger partial charge in [0.1, 0.15) is 0 Å². The van der Waals surface area contributed by atoms with E-state index in [0.29, 0.717) is 28.4 Å². The maximum Gasteiger partial charge on any atom is 0.189 e. The monoisotopic (exact) mass is 346 g/mol. The van der Waals surface area contributed by atoms with Crippen molar-refractivity contribution in [1.29, 1.82) is 0 Å². The highest BCUT2D eigenvalue weighted by Crippen LogP contribution is 2.27. The van der Waals surface area contributed by atoms with Crippen LogP contribution in [-0.4, -0.2) is 30.5 Å². The first kappa shape index (κ1) is 17.9. The van der Waals surface area contributed by atoms with Crippen molar-refractivity contribution in [3.8, 4) is 0 Å². The number of hydrogen-bond acceptors (Lipinski definition) is 3. The molecular formula is C13H19ClN4OS2. The van der Waals surface area contributed by atoms with Crippen molar-refractivity contribution in [2.45, 2.75) is 13.8 Å². The molecule has 0 aromatic heterocycles. The van der Waals surface area contributed by atoms with Crippen LogP contribution in [0.5, 0.6) is 0 Å². The highest BCUT2D eigenvalue weighted by Gasteiger charge is 2.07. The Bertz CT molecular complexity index is 502. The third-order valence-electron chi connectivity index (χ3n) is 2.55. The second-order valence-corrected chi connectivity index (χ2v) is 5.62. The highest BCUT2D eigenvalue weighted by atomic mass is 35.5. The van der Waals surface area contributed by atoms with Crippen LogP contribution in [0, 0.1) is 13.8 Å². The van der Waals surface area contributed by atoms with Crippen LogP contribution in [0.15, 0.2) is 12.1 Å². The van der Waals surface area contributed by atoms with Gasteiger partial charge in [-0.3, -0.25) is 10.9 Å². The third kappa shape index (κ3) is 6.43. The van der Waals surface area contributed by atoms with E-state index in [9.17, 15) is 0 Å². The van der Waals surface area contributed by atoms with E-state index >= 15 is 0 Å². The lowest BCUT2D eigenvalue weighted by Crippen LogP contribution is -2.48. The summed E-state index contributed by atoms with van der Waals surface area (Å²) < 4.78 is 4.91. The number of thiocarbonyl (C=S) groups is 2. The van der Waals surface area contributed by atoms with Crippen LogP contribution in [0.1, 0.15) is 11.1 Å². The van der Waals surface area contributed by atoms with E-state index in [2.05, 4.69) is 21.5 Å². The number of halogens is 1. The molecule has 0 amide bonds. The number of rotatable bonds is 4.